The van der Waals surface area contributed by atoms with E-state index in [9.17, 15) is 4.79 Å². The topological polar surface area (TPSA) is 17.1 Å². The summed E-state index contributed by atoms with van der Waals surface area (Å²) in [7, 11) is 0. The van der Waals surface area contributed by atoms with Gasteiger partial charge in [-0.05, 0) is 18.8 Å². The summed E-state index contributed by atoms with van der Waals surface area (Å²) in [5.74, 6) is 0.687. The molecule has 1 fully saturated rings. The third kappa shape index (κ3) is 2.20. The quantitative estimate of drug-likeness (QED) is 0.465. The van der Waals surface area contributed by atoms with Crippen LogP contribution in [0.2, 0.25) is 0 Å². The molecule has 1 aliphatic rings. The molecule has 1 unspecified atom stereocenters. The number of aldehydes is 1. The van der Waals surface area contributed by atoms with E-state index in [0.29, 0.717) is 5.92 Å². The molecule has 1 rings (SSSR count). The fourth-order valence-electron chi connectivity index (χ4n) is 1.93. The Hall–Kier alpha value is -0.590. The van der Waals surface area contributed by atoms with Crippen LogP contribution in [-0.2, 0) is 4.79 Å². The molecule has 0 aromatic carbocycles. The molecule has 1 saturated carbocycles. The van der Waals surface area contributed by atoms with Gasteiger partial charge in [0.05, 0.1) is 0 Å². The second-order valence-corrected chi connectivity index (χ2v) is 3.83. The first-order valence-corrected chi connectivity index (χ1v) is 4.89. The van der Waals surface area contributed by atoms with Gasteiger partial charge in [-0.25, -0.2) is 0 Å². The van der Waals surface area contributed by atoms with Crippen LogP contribution in [0.4, 0.5) is 0 Å². The van der Waals surface area contributed by atoms with Gasteiger partial charge in [0.15, 0.2) is 0 Å². The number of hydrogen-bond acceptors (Lipinski definition) is 1. The highest BCUT2D eigenvalue weighted by molar-refractivity contribution is 5.58. The van der Waals surface area contributed by atoms with Gasteiger partial charge in [0.1, 0.15) is 6.29 Å². The van der Waals surface area contributed by atoms with Crippen LogP contribution in [-0.4, -0.2) is 6.29 Å². The molecule has 1 atom stereocenters. The molecule has 0 radical (unpaired) electrons. The molecular formula is C11H18O. The third-order valence-corrected chi connectivity index (χ3v) is 2.92. The second-order valence-electron chi connectivity index (χ2n) is 3.83. The molecule has 0 aromatic rings. The van der Waals surface area contributed by atoms with E-state index < -0.39 is 0 Å². The van der Waals surface area contributed by atoms with Crippen LogP contribution in [0.15, 0.2) is 12.2 Å². The van der Waals surface area contributed by atoms with Crippen LogP contribution >= 0.6 is 0 Å². The van der Waals surface area contributed by atoms with Gasteiger partial charge in [0.2, 0.25) is 0 Å². The molecular weight excluding hydrogens is 148 g/mol. The third-order valence-electron chi connectivity index (χ3n) is 2.92. The first kappa shape index (κ1) is 9.50. The maximum absolute atomic E-state index is 10.5. The van der Waals surface area contributed by atoms with E-state index in [1.165, 1.54) is 32.1 Å². The Morgan fingerprint density at radius 2 is 2.00 bits per heavy atom. The number of allylic oxidation sites excluding steroid dienone is 1. The molecule has 0 aliphatic heterocycles. The summed E-state index contributed by atoms with van der Waals surface area (Å²) in [4.78, 5) is 10.5. The lowest BCUT2D eigenvalue weighted by atomic mass is 9.80. The van der Waals surface area contributed by atoms with Gasteiger partial charge in [-0.3, -0.25) is 0 Å². The molecule has 0 heterocycles. The summed E-state index contributed by atoms with van der Waals surface area (Å²) in [6.07, 6.45) is 7.49. The second kappa shape index (κ2) is 4.44. The van der Waals surface area contributed by atoms with Gasteiger partial charge < -0.3 is 4.79 Å². The van der Waals surface area contributed by atoms with Gasteiger partial charge >= 0.3 is 0 Å². The summed E-state index contributed by atoms with van der Waals surface area (Å²) < 4.78 is 0. The van der Waals surface area contributed by atoms with Crippen molar-refractivity contribution in [3.8, 4) is 0 Å². The number of rotatable bonds is 3. The highest BCUT2D eigenvalue weighted by atomic mass is 16.1. The average molecular weight is 166 g/mol. The summed E-state index contributed by atoms with van der Waals surface area (Å²) in [6, 6.07) is 0. The summed E-state index contributed by atoms with van der Waals surface area (Å²) >= 11 is 0. The molecule has 0 saturated heterocycles. The minimum Gasteiger partial charge on any atom is -0.303 e. The lowest BCUT2D eigenvalue weighted by Crippen LogP contribution is -2.14. The maximum Gasteiger partial charge on any atom is 0.126 e. The Labute approximate surface area is 74.9 Å². The lowest BCUT2D eigenvalue weighted by Gasteiger charge is -2.25. The predicted octanol–water partition coefficient (Wildman–Crippen LogP) is 2.96. The van der Waals surface area contributed by atoms with Crippen molar-refractivity contribution >= 4 is 6.29 Å². The Morgan fingerprint density at radius 1 is 1.42 bits per heavy atom. The van der Waals surface area contributed by atoms with Crippen molar-refractivity contribution in [3.05, 3.63) is 12.2 Å². The van der Waals surface area contributed by atoms with Crippen molar-refractivity contribution in [2.24, 2.45) is 11.8 Å². The van der Waals surface area contributed by atoms with Gasteiger partial charge in [-0.2, -0.15) is 0 Å². The fourth-order valence-corrected chi connectivity index (χ4v) is 1.93. The maximum atomic E-state index is 10.5. The van der Waals surface area contributed by atoms with E-state index in [4.69, 9.17) is 0 Å². The smallest absolute Gasteiger partial charge is 0.126 e. The molecule has 0 aromatic heterocycles. The number of hydrogen-bond donors (Lipinski definition) is 0. The molecule has 1 heteroatoms. The SMILES string of the molecule is C=C(C(C)C=O)C1CCCCC1. The Morgan fingerprint density at radius 3 is 2.50 bits per heavy atom. The molecule has 0 N–H and O–H groups in total. The lowest BCUT2D eigenvalue weighted by molar-refractivity contribution is -0.109. The van der Waals surface area contributed by atoms with Crippen molar-refractivity contribution < 1.29 is 4.79 Å². The standard InChI is InChI=1S/C11H18O/c1-9(8-12)10(2)11-6-4-3-5-7-11/h8-9,11H,2-7H2,1H3. The van der Waals surface area contributed by atoms with E-state index in [1.807, 2.05) is 6.92 Å². The van der Waals surface area contributed by atoms with Crippen LogP contribution in [0.5, 0.6) is 0 Å². The summed E-state index contributed by atoms with van der Waals surface area (Å²) in [5.41, 5.74) is 1.16. The van der Waals surface area contributed by atoms with Crippen molar-refractivity contribution in [1.29, 1.82) is 0 Å². The molecule has 1 aliphatic carbocycles. The summed E-state index contributed by atoms with van der Waals surface area (Å²) in [6.45, 7) is 5.97. The van der Waals surface area contributed by atoms with Crippen molar-refractivity contribution in [2.75, 3.05) is 0 Å². The van der Waals surface area contributed by atoms with E-state index in [2.05, 4.69) is 6.58 Å². The van der Waals surface area contributed by atoms with Crippen LogP contribution in [0.25, 0.3) is 0 Å². The monoisotopic (exact) mass is 166 g/mol. The van der Waals surface area contributed by atoms with Gasteiger partial charge in [0.25, 0.3) is 0 Å². The zero-order chi connectivity index (χ0) is 8.97. The van der Waals surface area contributed by atoms with Crippen LogP contribution in [0, 0.1) is 11.8 Å². The molecule has 1 nitrogen and oxygen atoms in total. The summed E-state index contributed by atoms with van der Waals surface area (Å²) in [5, 5.41) is 0. The molecule has 68 valence electrons. The Balaban J connectivity index is 2.44. The Bertz CT molecular complexity index is 166. The number of carbonyl (C=O) groups is 1. The van der Waals surface area contributed by atoms with E-state index in [0.717, 1.165) is 11.9 Å². The normalized spacial score (nSPS) is 21.8. The highest BCUT2D eigenvalue weighted by Gasteiger charge is 2.19. The van der Waals surface area contributed by atoms with E-state index in [1.54, 1.807) is 0 Å². The minimum atomic E-state index is 0.0631. The minimum absolute atomic E-state index is 0.0631. The van der Waals surface area contributed by atoms with Crippen LogP contribution < -0.4 is 0 Å². The highest BCUT2D eigenvalue weighted by Crippen LogP contribution is 2.31. The Kier molecular flexibility index (Phi) is 3.51. The molecule has 0 amide bonds. The fraction of sp³-hybridized carbons (Fsp3) is 0.727. The van der Waals surface area contributed by atoms with E-state index >= 15 is 0 Å². The van der Waals surface area contributed by atoms with Crippen molar-refractivity contribution in [1.82, 2.24) is 0 Å². The zero-order valence-electron chi connectivity index (χ0n) is 7.88. The largest absolute Gasteiger partial charge is 0.303 e. The predicted molar refractivity (Wildman–Crippen MR) is 50.9 cm³/mol. The average Bonchev–Trinajstić information content (AvgIpc) is 2.17. The van der Waals surface area contributed by atoms with Crippen molar-refractivity contribution in [3.63, 3.8) is 0 Å². The first-order valence-electron chi connectivity index (χ1n) is 4.89. The first-order chi connectivity index (χ1) is 5.75. The van der Waals surface area contributed by atoms with Gasteiger partial charge in [0, 0.05) is 5.92 Å². The van der Waals surface area contributed by atoms with Crippen molar-refractivity contribution in [2.45, 2.75) is 39.0 Å². The number of carbonyl (C=O) groups excluding carboxylic acids is 1. The van der Waals surface area contributed by atoms with Crippen LogP contribution in [0.3, 0.4) is 0 Å². The molecule has 0 spiro atoms. The zero-order valence-corrected chi connectivity index (χ0v) is 7.88. The molecule has 0 bridgehead atoms. The van der Waals surface area contributed by atoms with E-state index in [-0.39, 0.29) is 5.92 Å². The van der Waals surface area contributed by atoms with Gasteiger partial charge in [-0.15, -0.1) is 0 Å². The van der Waals surface area contributed by atoms with Gasteiger partial charge in [-0.1, -0.05) is 38.3 Å². The molecule has 12 heavy (non-hydrogen) atoms. The van der Waals surface area contributed by atoms with Crippen LogP contribution in [0.1, 0.15) is 39.0 Å².